The Hall–Kier alpha value is -0.790. The van der Waals surface area contributed by atoms with Crippen molar-refractivity contribution in [3.05, 3.63) is 12.2 Å². The van der Waals surface area contributed by atoms with Crippen LogP contribution in [0.2, 0.25) is 0 Å². The summed E-state index contributed by atoms with van der Waals surface area (Å²) in [6.07, 6.45) is 0. The number of hydrogen-bond donors (Lipinski definition) is 0. The Morgan fingerprint density at radius 1 is 1.40 bits per heavy atom. The molecule has 0 atom stereocenters. The number of carboxylic acids is 1. The second-order valence-corrected chi connectivity index (χ2v) is 2.68. The largest absolute Gasteiger partial charge is 0.550 e. The molecule has 0 bridgehead atoms. The normalized spacial score (nSPS) is 8.10. The van der Waals surface area contributed by atoms with Crippen molar-refractivity contribution in [3.8, 4) is 0 Å². The maximum atomic E-state index is 9.59. The molecule has 0 amide bonds. The molecule has 0 heterocycles. The summed E-state index contributed by atoms with van der Waals surface area (Å²) in [5.74, 6) is -1.33. The first-order chi connectivity index (χ1) is 4.37. The van der Waals surface area contributed by atoms with E-state index in [0.29, 0.717) is 0 Å². The number of rotatable bonds is 1. The molecule has 0 fully saturated rings. The summed E-state index contributed by atoms with van der Waals surface area (Å²) in [5, 5.41) is 9.59. The predicted octanol–water partition coefficient (Wildman–Crippen LogP) is 0.975. The third kappa shape index (κ3) is 27.0. The summed E-state index contributed by atoms with van der Waals surface area (Å²) < 4.78 is 0. The lowest BCUT2D eigenvalue weighted by Gasteiger charge is -2.01. The van der Waals surface area contributed by atoms with E-state index in [1.54, 1.807) is 13.8 Å². The lowest BCUT2D eigenvalue weighted by Crippen LogP contribution is -2.27. The zero-order chi connectivity index (χ0) is 8.73. The number of carbonyl (C=O) groups is 1. The van der Waals surface area contributed by atoms with Gasteiger partial charge in [-0.3, -0.25) is 0 Å². The van der Waals surface area contributed by atoms with Gasteiger partial charge in [0.1, 0.15) is 0 Å². The van der Waals surface area contributed by atoms with Gasteiger partial charge in [0.2, 0.25) is 0 Å². The van der Waals surface area contributed by atoms with Crippen LogP contribution in [0.4, 0.5) is 0 Å². The molecule has 2 heteroatoms. The molecule has 0 aromatic heterocycles. The van der Waals surface area contributed by atoms with Gasteiger partial charge in [-0.2, -0.15) is 0 Å². The molecule has 0 spiro atoms. The maximum absolute atomic E-state index is 9.59. The molecule has 0 radical (unpaired) electrons. The van der Waals surface area contributed by atoms with E-state index in [-0.39, 0.29) is 5.92 Å². The fourth-order valence-corrected chi connectivity index (χ4v) is 0. The van der Waals surface area contributed by atoms with Crippen LogP contribution in [-0.4, -0.2) is 5.97 Å². The van der Waals surface area contributed by atoms with Crippen molar-refractivity contribution in [2.24, 2.45) is 5.92 Å². The van der Waals surface area contributed by atoms with Crippen LogP contribution in [0.25, 0.3) is 0 Å². The summed E-state index contributed by atoms with van der Waals surface area (Å²) in [7, 11) is 0. The average molecular weight is 143 g/mol. The molecule has 0 aliphatic heterocycles. The lowest BCUT2D eigenvalue weighted by molar-refractivity contribution is -0.310. The molecule has 0 aliphatic rings. The van der Waals surface area contributed by atoms with Gasteiger partial charge in [-0.15, -0.1) is 6.58 Å². The maximum Gasteiger partial charge on any atom is 0.0439 e. The van der Waals surface area contributed by atoms with Gasteiger partial charge in [-0.1, -0.05) is 19.4 Å². The highest BCUT2D eigenvalue weighted by Gasteiger charge is 1.87. The standard InChI is InChI=1S/C4H8O2.C4H8/c1-3(2)4(5)6;1-4(2)3/h3H,1-2H3,(H,5,6);1H2,2-3H3/p-1. The van der Waals surface area contributed by atoms with Crippen LogP contribution in [0.5, 0.6) is 0 Å². The van der Waals surface area contributed by atoms with Crippen molar-refractivity contribution in [2.75, 3.05) is 0 Å². The summed E-state index contributed by atoms with van der Waals surface area (Å²) in [4.78, 5) is 9.59. The Morgan fingerprint density at radius 3 is 1.50 bits per heavy atom. The van der Waals surface area contributed by atoms with Crippen LogP contribution >= 0.6 is 0 Å². The zero-order valence-corrected chi connectivity index (χ0v) is 7.10. The molecule has 0 saturated carbocycles. The highest BCUT2D eigenvalue weighted by atomic mass is 16.4. The monoisotopic (exact) mass is 143 g/mol. The quantitative estimate of drug-likeness (QED) is 0.513. The summed E-state index contributed by atoms with van der Waals surface area (Å²) in [6.45, 7) is 10.7. The SMILES string of the molecule is C=C(C)C.CC(C)C(=O)[O-]. The van der Waals surface area contributed by atoms with Gasteiger partial charge in [0.15, 0.2) is 0 Å². The summed E-state index contributed by atoms with van der Waals surface area (Å²) in [6, 6.07) is 0. The van der Waals surface area contributed by atoms with Gasteiger partial charge < -0.3 is 9.90 Å². The van der Waals surface area contributed by atoms with Crippen LogP contribution in [-0.2, 0) is 4.79 Å². The first-order valence-electron chi connectivity index (χ1n) is 3.21. The van der Waals surface area contributed by atoms with E-state index >= 15 is 0 Å². The molecule has 0 aromatic carbocycles. The third-order valence-electron chi connectivity index (χ3n) is 0.471. The van der Waals surface area contributed by atoms with Crippen LogP contribution in [0.1, 0.15) is 27.7 Å². The molecular formula is C8H15O2-. The van der Waals surface area contributed by atoms with Gasteiger partial charge in [0, 0.05) is 5.97 Å². The fourth-order valence-electron chi connectivity index (χ4n) is 0. The van der Waals surface area contributed by atoms with Crippen LogP contribution < -0.4 is 5.11 Å². The van der Waals surface area contributed by atoms with Crippen molar-refractivity contribution in [3.63, 3.8) is 0 Å². The molecule has 2 nitrogen and oxygen atoms in total. The van der Waals surface area contributed by atoms with E-state index in [4.69, 9.17) is 0 Å². The van der Waals surface area contributed by atoms with E-state index in [1.807, 2.05) is 13.8 Å². The summed E-state index contributed by atoms with van der Waals surface area (Å²) >= 11 is 0. The number of carboxylic acid groups (broad SMARTS) is 1. The van der Waals surface area contributed by atoms with E-state index in [2.05, 4.69) is 6.58 Å². The zero-order valence-electron chi connectivity index (χ0n) is 7.10. The highest BCUT2D eigenvalue weighted by Crippen LogP contribution is 1.83. The minimum Gasteiger partial charge on any atom is -0.550 e. The number of carbonyl (C=O) groups excluding carboxylic acids is 1. The Kier molecular flexibility index (Phi) is 7.56. The number of allylic oxidation sites excluding steroid dienone is 1. The van der Waals surface area contributed by atoms with E-state index < -0.39 is 5.97 Å². The molecule has 0 aromatic rings. The molecular weight excluding hydrogens is 128 g/mol. The van der Waals surface area contributed by atoms with Crippen molar-refractivity contribution in [1.29, 1.82) is 0 Å². The lowest BCUT2D eigenvalue weighted by atomic mass is 10.2. The van der Waals surface area contributed by atoms with Crippen molar-refractivity contribution in [1.82, 2.24) is 0 Å². The van der Waals surface area contributed by atoms with Gasteiger partial charge >= 0.3 is 0 Å². The number of aliphatic carboxylic acids is 1. The van der Waals surface area contributed by atoms with E-state index in [1.165, 1.54) is 5.57 Å². The molecule has 10 heavy (non-hydrogen) atoms. The minimum absolute atomic E-state index is 0.343. The van der Waals surface area contributed by atoms with E-state index in [0.717, 1.165) is 0 Å². The second-order valence-electron chi connectivity index (χ2n) is 2.68. The van der Waals surface area contributed by atoms with Crippen molar-refractivity contribution < 1.29 is 9.90 Å². The second kappa shape index (κ2) is 6.33. The topological polar surface area (TPSA) is 40.1 Å². The molecule has 0 aliphatic carbocycles. The van der Waals surface area contributed by atoms with Crippen molar-refractivity contribution >= 4 is 5.97 Å². The molecule has 0 rings (SSSR count). The average Bonchev–Trinajstić information content (AvgIpc) is 1.63. The van der Waals surface area contributed by atoms with Crippen LogP contribution in [0.3, 0.4) is 0 Å². The van der Waals surface area contributed by atoms with Crippen LogP contribution in [0.15, 0.2) is 12.2 Å². The first-order valence-corrected chi connectivity index (χ1v) is 3.21. The third-order valence-corrected chi connectivity index (χ3v) is 0.471. The Morgan fingerprint density at radius 2 is 1.50 bits per heavy atom. The molecule has 0 N–H and O–H groups in total. The highest BCUT2D eigenvalue weighted by molar-refractivity contribution is 5.66. The smallest absolute Gasteiger partial charge is 0.0439 e. The fraction of sp³-hybridized carbons (Fsp3) is 0.625. The predicted molar refractivity (Wildman–Crippen MR) is 40.3 cm³/mol. The Balaban J connectivity index is 0. The molecule has 0 unspecified atom stereocenters. The van der Waals surface area contributed by atoms with Gasteiger partial charge in [-0.25, -0.2) is 0 Å². The molecule has 0 saturated heterocycles. The van der Waals surface area contributed by atoms with Gasteiger partial charge in [0.05, 0.1) is 0 Å². The van der Waals surface area contributed by atoms with Crippen molar-refractivity contribution in [2.45, 2.75) is 27.7 Å². The van der Waals surface area contributed by atoms with Gasteiger partial charge in [0.25, 0.3) is 0 Å². The van der Waals surface area contributed by atoms with Gasteiger partial charge in [-0.05, 0) is 19.8 Å². The molecule has 60 valence electrons. The van der Waals surface area contributed by atoms with E-state index in [9.17, 15) is 9.90 Å². The Labute approximate surface area is 62.6 Å². The van der Waals surface area contributed by atoms with Crippen LogP contribution in [0, 0.1) is 5.92 Å². The Bertz CT molecular complexity index is 110. The minimum atomic E-state index is -0.991. The summed E-state index contributed by atoms with van der Waals surface area (Å²) in [5.41, 5.74) is 1.17. The number of hydrogen-bond acceptors (Lipinski definition) is 2. The first kappa shape index (κ1) is 11.9.